The van der Waals surface area contributed by atoms with E-state index in [1.807, 2.05) is 0 Å². The van der Waals surface area contributed by atoms with Gasteiger partial charge in [-0.15, -0.1) is 0 Å². The first-order valence-electron chi connectivity index (χ1n) is 4.04. The van der Waals surface area contributed by atoms with Crippen molar-refractivity contribution in [2.75, 3.05) is 12.2 Å². The van der Waals surface area contributed by atoms with Crippen molar-refractivity contribution in [1.29, 1.82) is 5.26 Å². The lowest BCUT2D eigenvalue weighted by atomic mass is 10.2. The number of ether oxygens (including phenoxy) is 1. The molecule has 0 bridgehead atoms. The van der Waals surface area contributed by atoms with Crippen LogP contribution in [0.15, 0.2) is 16.6 Å². The Balaban J connectivity index is 3.01. The molecule has 1 aromatic rings. The van der Waals surface area contributed by atoms with E-state index in [0.717, 1.165) is 6.26 Å². The molecule has 0 spiro atoms. The Labute approximate surface area is 101 Å². The molecule has 7 heteroatoms. The highest BCUT2D eigenvalue weighted by atomic mass is 79.9. The van der Waals surface area contributed by atoms with Crippen molar-refractivity contribution in [3.05, 3.63) is 28.0 Å². The van der Waals surface area contributed by atoms with E-state index in [9.17, 15) is 12.8 Å². The van der Waals surface area contributed by atoms with Crippen LogP contribution in [-0.4, -0.2) is 20.6 Å². The molecule has 0 saturated heterocycles. The largest absolute Gasteiger partial charge is 0.475 e. The van der Waals surface area contributed by atoms with Gasteiger partial charge in [0.05, 0.1) is 10.0 Å². The van der Waals surface area contributed by atoms with Gasteiger partial charge in [-0.2, -0.15) is 5.26 Å². The van der Waals surface area contributed by atoms with Crippen molar-refractivity contribution < 1.29 is 17.5 Å². The number of halogens is 2. The maximum absolute atomic E-state index is 13.5. The third kappa shape index (κ3) is 3.18. The molecule has 0 aromatic heterocycles. The minimum atomic E-state index is -3.34. The van der Waals surface area contributed by atoms with Crippen molar-refractivity contribution >= 4 is 25.8 Å². The summed E-state index contributed by atoms with van der Waals surface area (Å²) in [4.78, 5) is 0. The fraction of sp³-hybridized carbons (Fsp3) is 0.222. The summed E-state index contributed by atoms with van der Waals surface area (Å²) in [6.45, 7) is 0. The van der Waals surface area contributed by atoms with Crippen molar-refractivity contribution in [1.82, 2.24) is 0 Å². The number of benzene rings is 1. The van der Waals surface area contributed by atoms with Crippen molar-refractivity contribution in [3.8, 4) is 11.8 Å². The Kier molecular flexibility index (Phi) is 3.88. The standard InChI is InChI=1S/C9H7BrFNO3S/c1-16(13,14)5-15-7-3-2-6(4-12)8(10)9(7)11/h2-3H,5H2,1H3. The zero-order valence-electron chi connectivity index (χ0n) is 8.20. The maximum atomic E-state index is 13.5. The molecule has 86 valence electrons. The second-order valence-corrected chi connectivity index (χ2v) is 5.92. The zero-order valence-corrected chi connectivity index (χ0v) is 10.6. The third-order valence-corrected chi connectivity index (χ3v) is 2.92. The molecule has 0 aliphatic heterocycles. The highest BCUT2D eigenvalue weighted by Crippen LogP contribution is 2.28. The average Bonchev–Trinajstić information content (AvgIpc) is 2.19. The van der Waals surface area contributed by atoms with Crippen LogP contribution in [0.1, 0.15) is 5.56 Å². The molecule has 0 amide bonds. The summed E-state index contributed by atoms with van der Waals surface area (Å²) >= 11 is 2.88. The molecule has 4 nitrogen and oxygen atoms in total. The number of hydrogen-bond acceptors (Lipinski definition) is 4. The van der Waals surface area contributed by atoms with Crippen LogP contribution >= 0.6 is 15.9 Å². The molecule has 0 saturated carbocycles. The smallest absolute Gasteiger partial charge is 0.189 e. The molecule has 1 rings (SSSR count). The van der Waals surface area contributed by atoms with Gasteiger partial charge in [0.15, 0.2) is 27.3 Å². The number of hydrogen-bond donors (Lipinski definition) is 0. The molecule has 16 heavy (non-hydrogen) atoms. The van der Waals surface area contributed by atoms with E-state index in [1.54, 1.807) is 6.07 Å². The van der Waals surface area contributed by atoms with E-state index in [0.29, 0.717) is 0 Å². The molecule has 0 aliphatic carbocycles. The minimum Gasteiger partial charge on any atom is -0.475 e. The van der Waals surface area contributed by atoms with Crippen LogP contribution in [0, 0.1) is 17.1 Å². The summed E-state index contributed by atoms with van der Waals surface area (Å²) in [6, 6.07) is 4.33. The van der Waals surface area contributed by atoms with Gasteiger partial charge in [-0.3, -0.25) is 0 Å². The molecule has 0 radical (unpaired) electrons. The number of rotatable bonds is 3. The fourth-order valence-electron chi connectivity index (χ4n) is 0.900. The molecule has 0 heterocycles. The molecule has 1 aromatic carbocycles. The van der Waals surface area contributed by atoms with Gasteiger partial charge in [0.2, 0.25) is 0 Å². The summed E-state index contributed by atoms with van der Waals surface area (Å²) in [7, 11) is -3.34. The van der Waals surface area contributed by atoms with Crippen LogP contribution in [0.5, 0.6) is 5.75 Å². The Hall–Kier alpha value is -1.13. The average molecular weight is 308 g/mol. The van der Waals surface area contributed by atoms with Crippen LogP contribution in [0.3, 0.4) is 0 Å². The SMILES string of the molecule is CS(=O)(=O)COc1ccc(C#N)c(Br)c1F. The molecule has 0 atom stereocenters. The summed E-state index contributed by atoms with van der Waals surface area (Å²) in [6.07, 6.45) is 0.976. The maximum Gasteiger partial charge on any atom is 0.189 e. The molecule has 0 fully saturated rings. The topological polar surface area (TPSA) is 67.2 Å². The van der Waals surface area contributed by atoms with Crippen molar-refractivity contribution in [3.63, 3.8) is 0 Å². The summed E-state index contributed by atoms with van der Waals surface area (Å²) in [5, 5.41) is 8.61. The highest BCUT2D eigenvalue weighted by molar-refractivity contribution is 9.10. The van der Waals surface area contributed by atoms with Crippen LogP contribution in [-0.2, 0) is 9.84 Å². The van der Waals surface area contributed by atoms with Crippen LogP contribution in [0.4, 0.5) is 4.39 Å². The molecule has 0 unspecified atom stereocenters. The second kappa shape index (κ2) is 4.80. The van der Waals surface area contributed by atoms with Gasteiger partial charge in [-0.05, 0) is 28.1 Å². The minimum absolute atomic E-state index is 0.0407. The fourth-order valence-corrected chi connectivity index (χ4v) is 1.66. The van der Waals surface area contributed by atoms with E-state index in [1.165, 1.54) is 12.1 Å². The highest BCUT2D eigenvalue weighted by Gasteiger charge is 2.13. The normalized spacial score (nSPS) is 10.9. The Morgan fingerprint density at radius 1 is 1.56 bits per heavy atom. The van der Waals surface area contributed by atoms with Gasteiger partial charge < -0.3 is 4.74 Å². The van der Waals surface area contributed by atoms with E-state index < -0.39 is 21.6 Å². The quantitative estimate of drug-likeness (QED) is 0.854. The van der Waals surface area contributed by atoms with Crippen LogP contribution in [0.25, 0.3) is 0 Å². The van der Waals surface area contributed by atoms with Gasteiger partial charge in [-0.25, -0.2) is 12.8 Å². The monoisotopic (exact) mass is 307 g/mol. The van der Waals surface area contributed by atoms with E-state index in [4.69, 9.17) is 10.00 Å². The van der Waals surface area contributed by atoms with Gasteiger partial charge in [0, 0.05) is 6.26 Å². The molecular formula is C9H7BrFNO3S. The number of nitrogens with zero attached hydrogens (tertiary/aromatic N) is 1. The van der Waals surface area contributed by atoms with Crippen LogP contribution in [0.2, 0.25) is 0 Å². The lowest BCUT2D eigenvalue weighted by Crippen LogP contribution is -2.10. The first kappa shape index (κ1) is 12.9. The van der Waals surface area contributed by atoms with E-state index in [2.05, 4.69) is 15.9 Å². The predicted octanol–water partition coefficient (Wildman–Crippen LogP) is 1.84. The third-order valence-electron chi connectivity index (χ3n) is 1.60. The zero-order chi connectivity index (χ0) is 12.3. The Morgan fingerprint density at radius 2 is 2.19 bits per heavy atom. The summed E-state index contributed by atoms with van der Waals surface area (Å²) in [5.41, 5.74) is 0.115. The first-order chi connectivity index (χ1) is 7.35. The van der Waals surface area contributed by atoms with Gasteiger partial charge >= 0.3 is 0 Å². The number of nitriles is 1. The van der Waals surface area contributed by atoms with Crippen LogP contribution < -0.4 is 4.74 Å². The lowest BCUT2D eigenvalue weighted by molar-refractivity contribution is 0.355. The second-order valence-electron chi connectivity index (χ2n) is 3.04. The summed E-state index contributed by atoms with van der Waals surface area (Å²) < 4.78 is 39.9. The number of sulfone groups is 1. The van der Waals surface area contributed by atoms with Crippen molar-refractivity contribution in [2.24, 2.45) is 0 Å². The first-order valence-corrected chi connectivity index (χ1v) is 6.89. The Morgan fingerprint density at radius 3 is 2.69 bits per heavy atom. The van der Waals surface area contributed by atoms with Gasteiger partial charge in [-0.1, -0.05) is 0 Å². The summed E-state index contributed by atoms with van der Waals surface area (Å²) in [5.74, 6) is -1.61. The van der Waals surface area contributed by atoms with Gasteiger partial charge in [0.25, 0.3) is 0 Å². The molecule has 0 N–H and O–H groups in total. The van der Waals surface area contributed by atoms with Gasteiger partial charge in [0.1, 0.15) is 6.07 Å². The van der Waals surface area contributed by atoms with E-state index >= 15 is 0 Å². The van der Waals surface area contributed by atoms with E-state index in [-0.39, 0.29) is 15.8 Å². The lowest BCUT2D eigenvalue weighted by Gasteiger charge is -2.07. The molecule has 0 aliphatic rings. The predicted molar refractivity (Wildman–Crippen MR) is 59.2 cm³/mol. The Bertz CT molecular complexity index is 551. The van der Waals surface area contributed by atoms with Crippen molar-refractivity contribution in [2.45, 2.75) is 0 Å². The molecular weight excluding hydrogens is 301 g/mol.